The van der Waals surface area contributed by atoms with Crippen LogP contribution in [0.25, 0.3) is 0 Å². The van der Waals surface area contributed by atoms with Crippen LogP contribution in [-0.4, -0.2) is 7.05 Å². The van der Waals surface area contributed by atoms with Crippen LogP contribution in [0.4, 0.5) is 8.78 Å². The molecule has 19 heavy (non-hydrogen) atoms. The molecule has 0 aliphatic heterocycles. The van der Waals surface area contributed by atoms with E-state index in [1.165, 1.54) is 12.5 Å². The molecular weight excluding hydrogens is 268 g/mol. The van der Waals surface area contributed by atoms with Crippen LogP contribution in [0.2, 0.25) is 5.02 Å². The van der Waals surface area contributed by atoms with E-state index >= 15 is 0 Å². The van der Waals surface area contributed by atoms with Crippen molar-refractivity contribution < 1.29 is 8.78 Å². The molecule has 1 nitrogen and oxygen atoms in total. The van der Waals surface area contributed by atoms with Gasteiger partial charge >= 0.3 is 0 Å². The zero-order chi connectivity index (χ0) is 14.0. The van der Waals surface area contributed by atoms with Crippen LogP contribution in [0, 0.1) is 23.5 Å². The van der Waals surface area contributed by atoms with E-state index in [4.69, 9.17) is 11.6 Å². The number of halogens is 3. The maximum atomic E-state index is 14.0. The Bertz CT molecular complexity index is 450. The lowest BCUT2D eigenvalue weighted by atomic mass is 9.76. The minimum atomic E-state index is -0.554. The number of benzene rings is 1. The molecule has 1 aliphatic carbocycles. The summed E-state index contributed by atoms with van der Waals surface area (Å²) < 4.78 is 27.6. The normalized spacial score (nSPS) is 25.3. The van der Waals surface area contributed by atoms with Crippen LogP contribution in [-0.2, 0) is 0 Å². The first-order valence-electron chi connectivity index (χ1n) is 6.84. The maximum Gasteiger partial charge on any atom is 0.142 e. The molecule has 4 heteroatoms. The zero-order valence-electron chi connectivity index (χ0n) is 11.3. The number of hydrogen-bond donors (Lipinski definition) is 1. The van der Waals surface area contributed by atoms with Gasteiger partial charge in [-0.2, -0.15) is 0 Å². The quantitative estimate of drug-likeness (QED) is 0.794. The Kier molecular flexibility index (Phi) is 4.80. The highest BCUT2D eigenvalue weighted by molar-refractivity contribution is 6.30. The highest BCUT2D eigenvalue weighted by Gasteiger charge is 2.29. The van der Waals surface area contributed by atoms with Crippen LogP contribution in [0.5, 0.6) is 0 Å². The van der Waals surface area contributed by atoms with Crippen molar-refractivity contribution in [2.24, 2.45) is 11.8 Å². The molecule has 0 saturated heterocycles. The first-order chi connectivity index (χ1) is 9.02. The number of hydrogen-bond acceptors (Lipinski definition) is 1. The molecule has 1 aromatic carbocycles. The van der Waals surface area contributed by atoms with Crippen LogP contribution >= 0.6 is 11.6 Å². The van der Waals surface area contributed by atoms with Crippen molar-refractivity contribution in [3.05, 3.63) is 34.4 Å². The third-order valence-corrected chi connectivity index (χ3v) is 4.42. The van der Waals surface area contributed by atoms with Gasteiger partial charge in [0, 0.05) is 11.6 Å². The van der Waals surface area contributed by atoms with E-state index in [2.05, 4.69) is 12.2 Å². The lowest BCUT2D eigenvalue weighted by Crippen LogP contribution is -2.29. The van der Waals surface area contributed by atoms with Crippen molar-refractivity contribution in [3.8, 4) is 0 Å². The molecule has 0 spiro atoms. The minimum absolute atomic E-state index is 0.144. The first-order valence-corrected chi connectivity index (χ1v) is 7.22. The van der Waals surface area contributed by atoms with Gasteiger partial charge in [-0.05, 0) is 43.9 Å². The summed E-state index contributed by atoms with van der Waals surface area (Å²) in [5, 5.41) is 2.99. The average Bonchev–Trinajstić information content (AvgIpc) is 2.36. The van der Waals surface area contributed by atoms with Crippen molar-refractivity contribution in [3.63, 3.8) is 0 Å². The van der Waals surface area contributed by atoms with E-state index in [0.29, 0.717) is 17.4 Å². The van der Waals surface area contributed by atoms with Crippen LogP contribution in [0.15, 0.2) is 12.1 Å². The maximum absolute atomic E-state index is 14.0. The number of rotatable bonds is 3. The Morgan fingerprint density at radius 3 is 2.63 bits per heavy atom. The predicted octanol–water partition coefficient (Wildman–Crippen LogP) is 4.71. The number of nitrogens with one attached hydrogen (secondary N) is 1. The van der Waals surface area contributed by atoms with Gasteiger partial charge in [0.25, 0.3) is 0 Å². The van der Waals surface area contributed by atoms with Gasteiger partial charge in [0.05, 0.1) is 5.02 Å². The van der Waals surface area contributed by atoms with Gasteiger partial charge in [-0.25, -0.2) is 8.78 Å². The molecule has 106 valence electrons. The van der Waals surface area contributed by atoms with Gasteiger partial charge in [-0.3, -0.25) is 0 Å². The van der Waals surface area contributed by atoms with Crippen molar-refractivity contribution >= 4 is 11.6 Å². The standard InChI is InChI=1S/C15H20ClF2N/c1-9-4-3-5-10(6-9)15(19-2)11-7-14(18)12(16)8-13(11)17/h7-10,15,19H,3-6H2,1-2H3. The third-order valence-electron chi connectivity index (χ3n) is 4.13. The van der Waals surface area contributed by atoms with Crippen LogP contribution in [0.3, 0.4) is 0 Å². The summed E-state index contributed by atoms with van der Waals surface area (Å²) in [6.07, 6.45) is 4.49. The van der Waals surface area contributed by atoms with E-state index in [1.54, 1.807) is 7.05 Å². The van der Waals surface area contributed by atoms with E-state index in [-0.39, 0.29) is 11.1 Å². The summed E-state index contributed by atoms with van der Waals surface area (Å²) in [4.78, 5) is 0. The van der Waals surface area contributed by atoms with Gasteiger partial charge in [0.2, 0.25) is 0 Å². The SMILES string of the molecule is CNC(c1cc(F)c(Cl)cc1F)C1CCCC(C)C1. The molecule has 1 aliphatic rings. The highest BCUT2D eigenvalue weighted by Crippen LogP contribution is 2.38. The molecule has 3 unspecified atom stereocenters. The lowest BCUT2D eigenvalue weighted by Gasteiger charge is -2.33. The van der Waals surface area contributed by atoms with Crippen molar-refractivity contribution in [2.75, 3.05) is 7.05 Å². The van der Waals surface area contributed by atoms with Gasteiger partial charge in [-0.1, -0.05) is 31.4 Å². The van der Waals surface area contributed by atoms with E-state index in [1.807, 2.05) is 0 Å². The summed E-state index contributed by atoms with van der Waals surface area (Å²) in [5.74, 6) is 0.0183. The highest BCUT2D eigenvalue weighted by atomic mass is 35.5. The Hall–Kier alpha value is -0.670. The smallest absolute Gasteiger partial charge is 0.142 e. The average molecular weight is 288 g/mol. The third kappa shape index (κ3) is 3.26. The molecular formula is C15H20ClF2N. The van der Waals surface area contributed by atoms with Crippen molar-refractivity contribution in [1.82, 2.24) is 5.32 Å². The fraction of sp³-hybridized carbons (Fsp3) is 0.600. The second-order valence-corrected chi connectivity index (χ2v) is 5.99. The summed E-state index contributed by atoms with van der Waals surface area (Å²) in [6, 6.07) is 2.16. The van der Waals surface area contributed by atoms with E-state index in [0.717, 1.165) is 25.3 Å². The summed E-state index contributed by atoms with van der Waals surface area (Å²) in [5.41, 5.74) is 0.392. The van der Waals surface area contributed by atoms with Crippen LogP contribution < -0.4 is 5.32 Å². The van der Waals surface area contributed by atoms with Crippen molar-refractivity contribution in [1.29, 1.82) is 0 Å². The van der Waals surface area contributed by atoms with Crippen molar-refractivity contribution in [2.45, 2.75) is 38.6 Å². The topological polar surface area (TPSA) is 12.0 Å². The summed E-state index contributed by atoms with van der Waals surface area (Å²) in [7, 11) is 1.80. The molecule has 1 aromatic rings. The summed E-state index contributed by atoms with van der Waals surface area (Å²) >= 11 is 5.61. The fourth-order valence-corrected chi connectivity index (χ4v) is 3.36. The Morgan fingerprint density at radius 2 is 2.00 bits per heavy atom. The van der Waals surface area contributed by atoms with Gasteiger partial charge < -0.3 is 5.32 Å². The van der Waals surface area contributed by atoms with Gasteiger partial charge in [0.15, 0.2) is 0 Å². The summed E-state index contributed by atoms with van der Waals surface area (Å²) in [6.45, 7) is 2.22. The molecule has 0 radical (unpaired) electrons. The molecule has 1 fully saturated rings. The zero-order valence-corrected chi connectivity index (χ0v) is 12.1. The van der Waals surface area contributed by atoms with Crippen LogP contribution in [0.1, 0.15) is 44.2 Å². The Labute approximate surface area is 118 Å². The molecule has 2 rings (SSSR count). The van der Waals surface area contributed by atoms with Gasteiger partial charge in [-0.15, -0.1) is 0 Å². The second-order valence-electron chi connectivity index (χ2n) is 5.59. The second kappa shape index (κ2) is 6.19. The Morgan fingerprint density at radius 1 is 1.26 bits per heavy atom. The molecule has 1 saturated carbocycles. The monoisotopic (exact) mass is 287 g/mol. The van der Waals surface area contributed by atoms with E-state index < -0.39 is 11.6 Å². The molecule has 0 heterocycles. The Balaban J connectivity index is 2.28. The minimum Gasteiger partial charge on any atom is -0.313 e. The predicted molar refractivity (Wildman–Crippen MR) is 74.3 cm³/mol. The largest absolute Gasteiger partial charge is 0.313 e. The molecule has 0 aromatic heterocycles. The molecule has 1 N–H and O–H groups in total. The van der Waals surface area contributed by atoms with Gasteiger partial charge in [0.1, 0.15) is 11.6 Å². The molecule has 3 atom stereocenters. The first kappa shape index (κ1) is 14.7. The molecule has 0 amide bonds. The van der Waals surface area contributed by atoms with E-state index in [9.17, 15) is 8.78 Å². The fourth-order valence-electron chi connectivity index (χ4n) is 3.21. The molecule has 0 bridgehead atoms. The lowest BCUT2D eigenvalue weighted by molar-refractivity contribution is 0.226.